The quantitative estimate of drug-likeness (QED) is 0.320. The largest absolute Gasteiger partial charge is 0.416 e. The highest BCUT2D eigenvalue weighted by atomic mass is 19.4. The Morgan fingerprint density at radius 1 is 1.42 bits per heavy atom. The number of halogens is 3. The van der Waals surface area contributed by atoms with Gasteiger partial charge in [0.25, 0.3) is 5.91 Å². The summed E-state index contributed by atoms with van der Waals surface area (Å²) < 4.78 is 38.7. The van der Waals surface area contributed by atoms with Gasteiger partial charge in [-0.15, -0.1) is 0 Å². The van der Waals surface area contributed by atoms with Gasteiger partial charge in [0.1, 0.15) is 11.6 Å². The number of benzene rings is 1. The zero-order valence-electron chi connectivity index (χ0n) is 17.3. The first-order chi connectivity index (χ1) is 14.5. The molecule has 0 saturated carbocycles. The van der Waals surface area contributed by atoms with E-state index in [2.05, 4.69) is 10.3 Å². The average molecular weight is 436 g/mol. The van der Waals surface area contributed by atoms with Crippen molar-refractivity contribution >= 4 is 23.6 Å². The van der Waals surface area contributed by atoms with Crippen molar-refractivity contribution in [2.45, 2.75) is 38.4 Å². The van der Waals surface area contributed by atoms with Gasteiger partial charge in [0.15, 0.2) is 0 Å². The molecule has 31 heavy (non-hydrogen) atoms. The second-order valence-corrected chi connectivity index (χ2v) is 7.06. The summed E-state index contributed by atoms with van der Waals surface area (Å²) in [5.74, 6) is -1.08. The standard InChI is InChI=1S/C20H23F3N6O2/c1-4-19(5-2)12-29(18(31)27-19)17(25)26-11-13(10-24)16(30)28(3)15-8-6-7-14(9-15)20(21,22)23/h6-9,11H,4-5,12H2,1-3H3,(H2,25,26)(H,27,31). The highest BCUT2D eigenvalue weighted by molar-refractivity contribution is 6.08. The molecular weight excluding hydrogens is 413 g/mol. The number of urea groups is 1. The molecule has 0 spiro atoms. The van der Waals surface area contributed by atoms with Crippen LogP contribution in [0.15, 0.2) is 41.0 Å². The zero-order valence-corrected chi connectivity index (χ0v) is 17.3. The van der Waals surface area contributed by atoms with E-state index in [9.17, 15) is 28.0 Å². The van der Waals surface area contributed by atoms with Crippen molar-refractivity contribution in [2.75, 3.05) is 18.5 Å². The highest BCUT2D eigenvalue weighted by Gasteiger charge is 2.41. The molecule has 1 fully saturated rings. The average Bonchev–Trinajstić information content (AvgIpc) is 3.10. The molecule has 0 atom stereocenters. The van der Waals surface area contributed by atoms with Gasteiger partial charge in [-0.1, -0.05) is 19.9 Å². The molecular formula is C20H23F3N6O2. The molecule has 3 N–H and O–H groups in total. The van der Waals surface area contributed by atoms with Crippen molar-refractivity contribution < 1.29 is 22.8 Å². The number of rotatable bonds is 5. The lowest BCUT2D eigenvalue weighted by molar-refractivity contribution is -0.137. The number of nitrogens with zero attached hydrogens (tertiary/aromatic N) is 4. The highest BCUT2D eigenvalue weighted by Crippen LogP contribution is 2.31. The summed E-state index contributed by atoms with van der Waals surface area (Å²) in [5.41, 5.74) is 3.99. The Labute approximate surface area is 177 Å². The third-order valence-corrected chi connectivity index (χ3v) is 5.25. The van der Waals surface area contributed by atoms with E-state index >= 15 is 0 Å². The van der Waals surface area contributed by atoms with Crippen LogP contribution in [0.1, 0.15) is 32.3 Å². The number of nitrogens with one attached hydrogen (secondary N) is 1. The number of amides is 3. The van der Waals surface area contributed by atoms with Gasteiger partial charge in [0.2, 0.25) is 5.96 Å². The predicted octanol–water partition coefficient (Wildman–Crippen LogP) is 2.97. The Morgan fingerprint density at radius 2 is 2.06 bits per heavy atom. The van der Waals surface area contributed by atoms with Gasteiger partial charge < -0.3 is 16.0 Å². The molecule has 0 unspecified atom stereocenters. The topological polar surface area (TPSA) is 115 Å². The molecule has 1 saturated heterocycles. The van der Waals surface area contributed by atoms with Crippen LogP contribution in [-0.2, 0) is 11.0 Å². The zero-order chi connectivity index (χ0) is 23.4. The van der Waals surface area contributed by atoms with Crippen LogP contribution in [0.2, 0.25) is 0 Å². The van der Waals surface area contributed by atoms with Gasteiger partial charge in [-0.05, 0) is 31.0 Å². The maximum absolute atomic E-state index is 12.9. The lowest BCUT2D eigenvalue weighted by Crippen LogP contribution is -2.42. The van der Waals surface area contributed by atoms with Crippen molar-refractivity contribution in [1.82, 2.24) is 10.2 Å². The van der Waals surface area contributed by atoms with E-state index in [1.165, 1.54) is 18.0 Å². The monoisotopic (exact) mass is 436 g/mol. The number of aliphatic imine (C=N–C) groups is 1. The van der Waals surface area contributed by atoms with Crippen molar-refractivity contribution in [3.63, 3.8) is 0 Å². The van der Waals surface area contributed by atoms with Gasteiger partial charge in [-0.3, -0.25) is 9.69 Å². The molecule has 1 aromatic rings. The minimum atomic E-state index is -4.57. The summed E-state index contributed by atoms with van der Waals surface area (Å²) in [6.07, 6.45) is -2.32. The predicted molar refractivity (Wildman–Crippen MR) is 109 cm³/mol. The van der Waals surface area contributed by atoms with E-state index < -0.39 is 34.8 Å². The van der Waals surface area contributed by atoms with E-state index in [0.29, 0.717) is 12.8 Å². The van der Waals surface area contributed by atoms with Crippen LogP contribution in [0.4, 0.5) is 23.7 Å². The fraction of sp³-hybridized carbons (Fsp3) is 0.400. The maximum Gasteiger partial charge on any atom is 0.416 e. The molecule has 1 aliphatic heterocycles. The fourth-order valence-electron chi connectivity index (χ4n) is 3.06. The molecule has 3 amide bonds. The minimum absolute atomic E-state index is 0.0486. The molecule has 11 heteroatoms. The van der Waals surface area contributed by atoms with E-state index in [4.69, 9.17) is 5.73 Å². The maximum atomic E-state index is 12.9. The number of carbonyl (C=O) groups is 2. The van der Waals surface area contributed by atoms with Gasteiger partial charge in [-0.25, -0.2) is 9.79 Å². The number of guanidine groups is 1. The molecule has 166 valence electrons. The summed E-state index contributed by atoms with van der Waals surface area (Å²) in [6, 6.07) is 5.36. The summed E-state index contributed by atoms with van der Waals surface area (Å²) in [4.78, 5) is 30.8. The molecule has 1 heterocycles. The third-order valence-electron chi connectivity index (χ3n) is 5.25. The second-order valence-electron chi connectivity index (χ2n) is 7.06. The Morgan fingerprint density at radius 3 is 2.58 bits per heavy atom. The van der Waals surface area contributed by atoms with Crippen LogP contribution in [0.5, 0.6) is 0 Å². The van der Waals surface area contributed by atoms with Crippen molar-refractivity contribution in [1.29, 1.82) is 5.26 Å². The Hall–Kier alpha value is -3.55. The molecule has 0 aliphatic carbocycles. The SMILES string of the molecule is CCC1(CC)CN(C(N)=NC=C(C#N)C(=O)N(C)c2cccc(C(F)(F)F)c2)C(=O)N1. The number of likely N-dealkylation sites (N-methyl/N-ethyl adjacent to an activating group) is 1. The number of nitriles is 1. The minimum Gasteiger partial charge on any atom is -0.369 e. The summed E-state index contributed by atoms with van der Waals surface area (Å²) in [6.45, 7) is 4.13. The van der Waals surface area contributed by atoms with Gasteiger partial charge in [-0.2, -0.15) is 18.4 Å². The molecule has 0 radical (unpaired) electrons. The number of nitrogens with two attached hydrogens (primary N) is 1. The van der Waals surface area contributed by atoms with Gasteiger partial charge in [0, 0.05) is 12.7 Å². The van der Waals surface area contributed by atoms with Crippen LogP contribution >= 0.6 is 0 Å². The third kappa shape index (κ3) is 5.14. The first-order valence-corrected chi connectivity index (χ1v) is 9.46. The molecule has 0 bridgehead atoms. The lowest BCUT2D eigenvalue weighted by atomic mass is 9.94. The Bertz CT molecular complexity index is 960. The smallest absolute Gasteiger partial charge is 0.369 e. The summed E-state index contributed by atoms with van der Waals surface area (Å²) in [7, 11) is 1.24. The first kappa shape index (κ1) is 23.7. The van der Waals surface area contributed by atoms with Crippen LogP contribution in [0.3, 0.4) is 0 Å². The van der Waals surface area contributed by atoms with Crippen LogP contribution in [-0.4, -0.2) is 41.9 Å². The van der Waals surface area contributed by atoms with E-state index in [0.717, 1.165) is 29.3 Å². The Balaban J connectivity index is 2.24. The normalized spacial score (nSPS) is 16.7. The molecule has 0 aromatic heterocycles. The van der Waals surface area contributed by atoms with Crippen molar-refractivity contribution in [3.8, 4) is 6.07 Å². The number of anilines is 1. The van der Waals surface area contributed by atoms with E-state index in [1.807, 2.05) is 13.8 Å². The number of alkyl halides is 3. The van der Waals surface area contributed by atoms with Crippen LogP contribution in [0, 0.1) is 11.3 Å². The van der Waals surface area contributed by atoms with Gasteiger partial charge >= 0.3 is 12.2 Å². The molecule has 2 rings (SSSR count). The molecule has 1 aliphatic rings. The summed E-state index contributed by atoms with van der Waals surface area (Å²) in [5, 5.41) is 12.2. The first-order valence-electron chi connectivity index (χ1n) is 9.46. The fourth-order valence-corrected chi connectivity index (χ4v) is 3.06. The Kier molecular flexibility index (Phi) is 6.95. The number of hydrogen-bond acceptors (Lipinski definition) is 4. The van der Waals surface area contributed by atoms with Gasteiger partial charge in [0.05, 0.1) is 23.8 Å². The second kappa shape index (κ2) is 9.07. The number of hydrogen-bond donors (Lipinski definition) is 2. The van der Waals surface area contributed by atoms with E-state index in [1.54, 1.807) is 6.07 Å². The van der Waals surface area contributed by atoms with Crippen molar-refractivity contribution in [2.24, 2.45) is 10.7 Å². The lowest BCUT2D eigenvalue weighted by Gasteiger charge is -2.24. The van der Waals surface area contributed by atoms with Crippen LogP contribution in [0.25, 0.3) is 0 Å². The summed E-state index contributed by atoms with van der Waals surface area (Å²) >= 11 is 0. The van der Waals surface area contributed by atoms with E-state index in [-0.39, 0.29) is 18.2 Å². The number of carbonyl (C=O) groups excluding carboxylic acids is 2. The molecule has 1 aromatic carbocycles. The van der Waals surface area contributed by atoms with Crippen molar-refractivity contribution in [3.05, 3.63) is 41.6 Å². The van der Waals surface area contributed by atoms with Crippen LogP contribution < -0.4 is 16.0 Å². The molecule has 8 nitrogen and oxygen atoms in total.